The van der Waals surface area contributed by atoms with E-state index in [9.17, 15) is 9.59 Å². The van der Waals surface area contributed by atoms with Crippen LogP contribution in [0.25, 0.3) is 0 Å². The molecule has 0 aliphatic rings. The van der Waals surface area contributed by atoms with Gasteiger partial charge in [-0.25, -0.2) is 0 Å². The molecule has 0 fully saturated rings. The first-order valence-electron chi connectivity index (χ1n) is 11.6. The second-order valence-corrected chi connectivity index (χ2v) is 10.1. The summed E-state index contributed by atoms with van der Waals surface area (Å²) in [7, 11) is 0. The van der Waals surface area contributed by atoms with Crippen molar-refractivity contribution < 1.29 is 14.3 Å². The summed E-state index contributed by atoms with van der Waals surface area (Å²) in [5, 5.41) is 4.36. The van der Waals surface area contributed by atoms with E-state index >= 15 is 0 Å². The summed E-state index contributed by atoms with van der Waals surface area (Å²) < 4.78 is 5.80. The lowest BCUT2D eigenvalue weighted by molar-refractivity contribution is -0.143. The Hall–Kier alpha value is -2.73. The average molecular weight is 548 g/mol. The second-order valence-electron chi connectivity index (χ2n) is 8.84. The van der Waals surface area contributed by atoms with Crippen molar-refractivity contribution in [3.63, 3.8) is 0 Å². The number of hydrogen-bond acceptors (Lipinski definition) is 3. The second kappa shape index (κ2) is 13.0. The minimum absolute atomic E-state index is 0.0917. The molecule has 1 atom stereocenters. The Morgan fingerprint density at radius 3 is 2.22 bits per heavy atom. The number of halogens is 3. The van der Waals surface area contributed by atoms with Crippen molar-refractivity contribution >= 4 is 46.6 Å². The highest BCUT2D eigenvalue weighted by Crippen LogP contribution is 2.25. The van der Waals surface area contributed by atoms with Gasteiger partial charge < -0.3 is 15.0 Å². The third-order valence-corrected chi connectivity index (χ3v) is 6.69. The molecule has 0 aromatic heterocycles. The zero-order valence-electron chi connectivity index (χ0n) is 20.4. The van der Waals surface area contributed by atoms with Gasteiger partial charge >= 0.3 is 0 Å². The molecule has 3 aromatic carbocycles. The van der Waals surface area contributed by atoms with Crippen molar-refractivity contribution in [3.8, 4) is 5.75 Å². The highest BCUT2D eigenvalue weighted by Gasteiger charge is 2.31. The van der Waals surface area contributed by atoms with Gasteiger partial charge in [0.1, 0.15) is 11.8 Å². The third kappa shape index (κ3) is 7.89. The fourth-order valence-corrected chi connectivity index (χ4v) is 4.14. The van der Waals surface area contributed by atoms with Crippen LogP contribution in [0.5, 0.6) is 5.75 Å². The van der Waals surface area contributed by atoms with Gasteiger partial charge in [0.25, 0.3) is 5.91 Å². The van der Waals surface area contributed by atoms with Crippen LogP contribution < -0.4 is 10.1 Å². The van der Waals surface area contributed by atoms with Gasteiger partial charge in [-0.15, -0.1) is 0 Å². The SMILES string of the molecule is Cc1cc(OCC(=O)N(Cc2ccc(Cl)c(Cl)c2)[C@H](Cc2ccccc2)C(=O)NC(C)C)ccc1Cl. The predicted octanol–water partition coefficient (Wildman–Crippen LogP) is 6.50. The number of benzene rings is 3. The molecule has 0 aliphatic carbocycles. The molecule has 0 bridgehead atoms. The molecule has 1 N–H and O–H groups in total. The van der Waals surface area contributed by atoms with Gasteiger partial charge in [-0.2, -0.15) is 0 Å². The standard InChI is InChI=1S/C28H29Cl3N2O3/c1-18(2)32-28(35)26(15-20-7-5-4-6-8-20)33(16-21-9-11-24(30)25(31)14-21)27(34)17-36-22-10-12-23(29)19(3)13-22/h4-14,18,26H,15-17H2,1-3H3,(H,32,35)/t26-/m1/s1. The maximum absolute atomic E-state index is 13.6. The quantitative estimate of drug-likeness (QED) is 0.315. The van der Waals surface area contributed by atoms with Crippen LogP contribution in [0.3, 0.4) is 0 Å². The first kappa shape index (κ1) is 27.9. The minimum Gasteiger partial charge on any atom is -0.484 e. The van der Waals surface area contributed by atoms with Crippen LogP contribution in [0.4, 0.5) is 0 Å². The number of rotatable bonds is 10. The van der Waals surface area contributed by atoms with Crippen molar-refractivity contribution in [3.05, 3.63) is 98.5 Å². The molecule has 2 amide bonds. The molecule has 0 saturated heterocycles. The van der Waals surface area contributed by atoms with Gasteiger partial charge in [0.2, 0.25) is 5.91 Å². The number of nitrogens with one attached hydrogen (secondary N) is 1. The van der Waals surface area contributed by atoms with Crippen LogP contribution in [0.1, 0.15) is 30.5 Å². The molecular weight excluding hydrogens is 519 g/mol. The Morgan fingerprint density at radius 2 is 1.58 bits per heavy atom. The Bertz CT molecular complexity index is 1200. The van der Waals surface area contributed by atoms with E-state index in [0.29, 0.717) is 27.2 Å². The van der Waals surface area contributed by atoms with Gasteiger partial charge in [-0.3, -0.25) is 9.59 Å². The van der Waals surface area contributed by atoms with Crippen LogP contribution in [0, 0.1) is 6.92 Å². The Labute approximate surface area is 227 Å². The Morgan fingerprint density at radius 1 is 0.889 bits per heavy atom. The molecule has 36 heavy (non-hydrogen) atoms. The first-order chi connectivity index (χ1) is 17.1. The number of hydrogen-bond donors (Lipinski definition) is 1. The van der Waals surface area contributed by atoms with Crippen molar-refractivity contribution in [2.45, 2.75) is 45.8 Å². The van der Waals surface area contributed by atoms with E-state index in [4.69, 9.17) is 39.5 Å². The van der Waals surface area contributed by atoms with E-state index in [-0.39, 0.29) is 31.0 Å². The molecule has 0 saturated carbocycles. The van der Waals surface area contributed by atoms with E-state index < -0.39 is 6.04 Å². The summed E-state index contributed by atoms with van der Waals surface area (Å²) in [4.78, 5) is 28.5. The summed E-state index contributed by atoms with van der Waals surface area (Å²) in [6.45, 7) is 5.54. The van der Waals surface area contributed by atoms with Crippen molar-refractivity contribution in [2.75, 3.05) is 6.61 Å². The molecule has 3 rings (SSSR count). The molecule has 3 aromatic rings. The summed E-state index contributed by atoms with van der Waals surface area (Å²) >= 11 is 18.4. The fraction of sp³-hybridized carbons (Fsp3) is 0.286. The van der Waals surface area contributed by atoms with Gasteiger partial charge in [-0.05, 0) is 67.8 Å². The van der Waals surface area contributed by atoms with E-state index in [2.05, 4.69) is 5.32 Å². The topological polar surface area (TPSA) is 58.6 Å². The van der Waals surface area contributed by atoms with Crippen molar-refractivity contribution in [1.82, 2.24) is 10.2 Å². The van der Waals surface area contributed by atoms with Crippen LogP contribution in [0.2, 0.25) is 15.1 Å². The smallest absolute Gasteiger partial charge is 0.261 e. The third-order valence-electron chi connectivity index (χ3n) is 5.53. The first-order valence-corrected chi connectivity index (χ1v) is 12.7. The fourth-order valence-electron chi connectivity index (χ4n) is 3.70. The molecule has 0 radical (unpaired) electrons. The molecule has 8 heteroatoms. The zero-order valence-corrected chi connectivity index (χ0v) is 22.7. The molecule has 0 aliphatic heterocycles. The highest BCUT2D eigenvalue weighted by atomic mass is 35.5. The largest absolute Gasteiger partial charge is 0.484 e. The number of ether oxygens (including phenoxy) is 1. The molecule has 190 valence electrons. The van der Waals surface area contributed by atoms with Crippen LogP contribution in [-0.4, -0.2) is 35.4 Å². The molecule has 0 spiro atoms. The minimum atomic E-state index is -0.771. The molecule has 0 unspecified atom stereocenters. The van der Waals surface area contributed by atoms with Crippen LogP contribution >= 0.6 is 34.8 Å². The van der Waals surface area contributed by atoms with Gasteiger partial charge in [-0.1, -0.05) is 71.2 Å². The number of carbonyl (C=O) groups is 2. The summed E-state index contributed by atoms with van der Waals surface area (Å²) in [6.07, 6.45) is 0.340. The molecule has 5 nitrogen and oxygen atoms in total. The van der Waals surface area contributed by atoms with E-state index in [1.807, 2.05) is 51.1 Å². The van der Waals surface area contributed by atoms with Crippen LogP contribution in [-0.2, 0) is 22.6 Å². The average Bonchev–Trinajstić information content (AvgIpc) is 2.84. The van der Waals surface area contributed by atoms with E-state index in [0.717, 1.165) is 16.7 Å². The lowest BCUT2D eigenvalue weighted by atomic mass is 10.0. The maximum atomic E-state index is 13.6. The lowest BCUT2D eigenvalue weighted by Gasteiger charge is -2.32. The van der Waals surface area contributed by atoms with Gasteiger partial charge in [0.05, 0.1) is 10.0 Å². The zero-order chi connectivity index (χ0) is 26.2. The van der Waals surface area contributed by atoms with Gasteiger partial charge in [0.15, 0.2) is 6.61 Å². The monoisotopic (exact) mass is 546 g/mol. The number of nitrogens with zero attached hydrogens (tertiary/aromatic N) is 1. The summed E-state index contributed by atoms with van der Waals surface area (Å²) in [6, 6.07) is 19.1. The van der Waals surface area contributed by atoms with E-state index in [1.54, 1.807) is 36.4 Å². The van der Waals surface area contributed by atoms with Crippen molar-refractivity contribution in [2.24, 2.45) is 0 Å². The molecular formula is C28H29Cl3N2O3. The van der Waals surface area contributed by atoms with Gasteiger partial charge in [0, 0.05) is 24.0 Å². The maximum Gasteiger partial charge on any atom is 0.261 e. The van der Waals surface area contributed by atoms with Crippen molar-refractivity contribution in [1.29, 1.82) is 0 Å². The number of amides is 2. The molecule has 0 heterocycles. The summed E-state index contributed by atoms with van der Waals surface area (Å²) in [5.74, 6) is -0.0657. The number of carbonyl (C=O) groups excluding carboxylic acids is 2. The number of aryl methyl sites for hydroxylation is 1. The Balaban J connectivity index is 1.93. The van der Waals surface area contributed by atoms with Crippen LogP contribution in [0.15, 0.2) is 66.7 Å². The lowest BCUT2D eigenvalue weighted by Crippen LogP contribution is -2.52. The normalized spacial score (nSPS) is 11.8. The highest BCUT2D eigenvalue weighted by molar-refractivity contribution is 6.42. The van der Waals surface area contributed by atoms with E-state index in [1.165, 1.54) is 4.90 Å². The summed E-state index contributed by atoms with van der Waals surface area (Å²) in [5.41, 5.74) is 2.52. The predicted molar refractivity (Wildman–Crippen MR) is 146 cm³/mol. The Kier molecular flexibility index (Phi) is 10.1.